The maximum atomic E-state index is 13.0. The number of likely N-dealkylation sites (N-methyl/N-ethyl adjacent to an activating group) is 1. The van der Waals surface area contributed by atoms with Crippen molar-refractivity contribution in [3.63, 3.8) is 0 Å². The lowest BCUT2D eigenvalue weighted by Gasteiger charge is -2.37. The molecule has 4 rings (SSSR count). The molecule has 29 heavy (non-hydrogen) atoms. The molecule has 1 fully saturated rings. The van der Waals surface area contributed by atoms with Crippen LogP contribution >= 0.6 is 11.3 Å². The van der Waals surface area contributed by atoms with E-state index in [0.29, 0.717) is 5.69 Å². The van der Waals surface area contributed by atoms with Crippen LogP contribution in [-0.2, 0) is 6.42 Å². The minimum Gasteiger partial charge on any atom is -0.336 e. The molecule has 0 bridgehead atoms. The second-order valence-corrected chi connectivity index (χ2v) is 9.11. The number of thiophene rings is 1. The molecule has 1 amide bonds. The van der Waals surface area contributed by atoms with E-state index in [1.54, 1.807) is 11.3 Å². The van der Waals surface area contributed by atoms with Crippen molar-refractivity contribution in [1.29, 1.82) is 0 Å². The lowest BCUT2D eigenvalue weighted by atomic mass is 10.0. The van der Waals surface area contributed by atoms with Crippen LogP contribution in [0.1, 0.15) is 33.8 Å². The first-order chi connectivity index (χ1) is 14.1. The molecule has 0 aliphatic carbocycles. The topological polar surface area (TPSA) is 52.2 Å². The molecule has 0 radical (unpaired) electrons. The predicted molar refractivity (Wildman–Crippen MR) is 118 cm³/mol. The number of hydrogen-bond donors (Lipinski definition) is 1. The minimum atomic E-state index is -0.00399. The molecule has 1 saturated heterocycles. The number of nitrogens with zero attached hydrogens (tertiary/aromatic N) is 3. The van der Waals surface area contributed by atoms with Gasteiger partial charge < -0.3 is 9.80 Å². The highest BCUT2D eigenvalue weighted by molar-refractivity contribution is 7.15. The number of amides is 1. The Morgan fingerprint density at radius 2 is 2.10 bits per heavy atom. The molecular weight excluding hydrogens is 380 g/mol. The zero-order chi connectivity index (χ0) is 20.2. The highest BCUT2D eigenvalue weighted by Crippen LogP contribution is 2.27. The van der Waals surface area contributed by atoms with Crippen LogP contribution in [0.25, 0.3) is 10.6 Å². The number of piperidine rings is 1. The Morgan fingerprint density at radius 3 is 2.86 bits per heavy atom. The van der Waals surface area contributed by atoms with Crippen LogP contribution in [0.2, 0.25) is 0 Å². The summed E-state index contributed by atoms with van der Waals surface area (Å²) in [5.41, 5.74) is 2.77. The maximum absolute atomic E-state index is 13.0. The lowest BCUT2D eigenvalue weighted by molar-refractivity contribution is 0.0613. The quantitative estimate of drug-likeness (QED) is 0.664. The zero-order valence-corrected chi connectivity index (χ0v) is 17.9. The van der Waals surface area contributed by atoms with Gasteiger partial charge in [-0.15, -0.1) is 11.3 Å². The van der Waals surface area contributed by atoms with Gasteiger partial charge in [0.15, 0.2) is 5.69 Å². The van der Waals surface area contributed by atoms with Crippen LogP contribution in [0.4, 0.5) is 0 Å². The molecule has 3 aromatic rings. The van der Waals surface area contributed by atoms with Crippen molar-refractivity contribution in [3.05, 3.63) is 64.7 Å². The first-order valence-electron chi connectivity index (χ1n) is 10.3. The molecule has 1 aliphatic rings. The molecule has 0 spiro atoms. The van der Waals surface area contributed by atoms with Crippen molar-refractivity contribution < 1.29 is 4.79 Å². The van der Waals surface area contributed by atoms with Crippen molar-refractivity contribution in [1.82, 2.24) is 20.0 Å². The maximum Gasteiger partial charge on any atom is 0.274 e. The van der Waals surface area contributed by atoms with E-state index >= 15 is 0 Å². The van der Waals surface area contributed by atoms with E-state index in [4.69, 9.17) is 0 Å². The summed E-state index contributed by atoms with van der Waals surface area (Å²) >= 11 is 1.70. The van der Waals surface area contributed by atoms with Gasteiger partial charge in [0, 0.05) is 31.1 Å². The molecular formula is C23H28N4OS. The number of carbonyl (C=O) groups is 1. The summed E-state index contributed by atoms with van der Waals surface area (Å²) in [5.74, 6) is -0.00399. The van der Waals surface area contributed by atoms with E-state index in [2.05, 4.69) is 64.5 Å². The molecule has 3 heterocycles. The molecule has 152 valence electrons. The molecule has 0 unspecified atom stereocenters. The van der Waals surface area contributed by atoms with E-state index in [-0.39, 0.29) is 11.9 Å². The van der Waals surface area contributed by atoms with Crippen LogP contribution in [0.15, 0.2) is 48.5 Å². The van der Waals surface area contributed by atoms with Gasteiger partial charge in [-0.2, -0.15) is 5.10 Å². The van der Waals surface area contributed by atoms with E-state index in [0.717, 1.165) is 49.5 Å². The number of aromatic amines is 1. The lowest BCUT2D eigenvalue weighted by Crippen LogP contribution is -2.49. The van der Waals surface area contributed by atoms with E-state index in [1.165, 1.54) is 10.4 Å². The third kappa shape index (κ3) is 4.77. The zero-order valence-electron chi connectivity index (χ0n) is 17.1. The monoisotopic (exact) mass is 408 g/mol. The van der Waals surface area contributed by atoms with Gasteiger partial charge in [0.1, 0.15) is 0 Å². The number of aromatic nitrogens is 2. The number of carbonyl (C=O) groups excluding carboxylic acids is 1. The van der Waals surface area contributed by atoms with Gasteiger partial charge in [-0.05, 0) is 56.5 Å². The normalized spacial score (nSPS) is 17.4. The van der Waals surface area contributed by atoms with E-state index in [9.17, 15) is 4.79 Å². The number of rotatable bonds is 6. The van der Waals surface area contributed by atoms with Gasteiger partial charge >= 0.3 is 0 Å². The third-order valence-corrected chi connectivity index (χ3v) is 6.75. The number of nitrogens with one attached hydrogen (secondary N) is 1. The number of aryl methyl sites for hydroxylation is 1. The van der Waals surface area contributed by atoms with Crippen LogP contribution in [0.3, 0.4) is 0 Å². The summed E-state index contributed by atoms with van der Waals surface area (Å²) in [5, 5.41) is 7.31. The minimum absolute atomic E-state index is 0.00399. The Labute approximate surface area is 176 Å². The predicted octanol–water partition coefficient (Wildman–Crippen LogP) is 4.23. The molecule has 5 nitrogen and oxygen atoms in total. The average Bonchev–Trinajstić information content (AvgIpc) is 3.41. The van der Waals surface area contributed by atoms with Gasteiger partial charge in [0.2, 0.25) is 0 Å². The fourth-order valence-corrected chi connectivity index (χ4v) is 4.80. The summed E-state index contributed by atoms with van der Waals surface area (Å²) in [6, 6.07) is 16.9. The summed E-state index contributed by atoms with van der Waals surface area (Å²) < 4.78 is 0. The van der Waals surface area contributed by atoms with Gasteiger partial charge in [0.05, 0.1) is 10.6 Å². The van der Waals surface area contributed by atoms with Crippen molar-refractivity contribution in [2.24, 2.45) is 0 Å². The smallest absolute Gasteiger partial charge is 0.274 e. The second kappa shape index (κ2) is 8.93. The first kappa shape index (κ1) is 19.9. The first-order valence-corrected chi connectivity index (χ1v) is 11.1. The standard InChI is InChI=1S/C23H28N4OS/c1-17-10-11-22(29-17)20-15-21(25-24-20)23(28)26(2)19-9-6-13-27(16-19)14-12-18-7-4-3-5-8-18/h3-5,7-8,10-11,15,19H,6,9,12-14,16H2,1-2H3,(H,24,25)/t19-/m1/s1. The van der Waals surface area contributed by atoms with Crippen LogP contribution in [0, 0.1) is 6.92 Å². The molecule has 1 aliphatic heterocycles. The highest BCUT2D eigenvalue weighted by Gasteiger charge is 2.27. The number of likely N-dealkylation sites (tertiary alicyclic amines) is 1. The Morgan fingerprint density at radius 1 is 1.28 bits per heavy atom. The summed E-state index contributed by atoms with van der Waals surface area (Å²) in [4.78, 5) is 19.7. The Balaban J connectivity index is 1.36. The van der Waals surface area contributed by atoms with Crippen molar-refractivity contribution in [2.45, 2.75) is 32.2 Å². The Bertz CT molecular complexity index is 949. The SMILES string of the molecule is Cc1ccc(-c2cc(C(=O)N(C)[C@@H]3CCCN(CCc4ccccc4)C3)n[nH]2)s1. The van der Waals surface area contributed by atoms with Crippen LogP contribution in [0.5, 0.6) is 0 Å². The molecule has 0 saturated carbocycles. The van der Waals surface area contributed by atoms with Crippen LogP contribution in [-0.4, -0.2) is 58.6 Å². The van der Waals surface area contributed by atoms with Gasteiger partial charge in [0.25, 0.3) is 5.91 Å². The van der Waals surface area contributed by atoms with Crippen molar-refractivity contribution >= 4 is 17.2 Å². The van der Waals surface area contributed by atoms with Crippen molar-refractivity contribution in [3.8, 4) is 10.6 Å². The largest absolute Gasteiger partial charge is 0.336 e. The van der Waals surface area contributed by atoms with E-state index in [1.807, 2.05) is 18.0 Å². The van der Waals surface area contributed by atoms with E-state index < -0.39 is 0 Å². The fourth-order valence-electron chi connectivity index (χ4n) is 3.97. The molecule has 6 heteroatoms. The van der Waals surface area contributed by atoms with Gasteiger partial charge in [-0.3, -0.25) is 9.89 Å². The summed E-state index contributed by atoms with van der Waals surface area (Å²) in [6.07, 6.45) is 3.22. The number of H-pyrrole nitrogens is 1. The summed E-state index contributed by atoms with van der Waals surface area (Å²) in [6.45, 7) is 5.15. The third-order valence-electron chi connectivity index (χ3n) is 5.71. The van der Waals surface area contributed by atoms with Gasteiger partial charge in [-0.25, -0.2) is 0 Å². The summed E-state index contributed by atoms with van der Waals surface area (Å²) in [7, 11) is 1.91. The molecule has 2 aromatic heterocycles. The van der Waals surface area contributed by atoms with Crippen molar-refractivity contribution in [2.75, 3.05) is 26.7 Å². The Kier molecular flexibility index (Phi) is 6.11. The highest BCUT2D eigenvalue weighted by atomic mass is 32.1. The second-order valence-electron chi connectivity index (χ2n) is 7.83. The number of hydrogen-bond acceptors (Lipinski definition) is 4. The van der Waals surface area contributed by atoms with Gasteiger partial charge in [-0.1, -0.05) is 30.3 Å². The van der Waals surface area contributed by atoms with Crippen LogP contribution < -0.4 is 0 Å². The number of benzene rings is 1. The molecule has 1 N–H and O–H groups in total. The molecule has 1 aromatic carbocycles. The molecule has 1 atom stereocenters. The fraction of sp³-hybridized carbons (Fsp3) is 0.391. The average molecular weight is 409 g/mol. The Hall–Kier alpha value is -2.44.